The molecule has 1 unspecified atom stereocenters. The van der Waals surface area contributed by atoms with Crippen LogP contribution >= 0.6 is 0 Å². The van der Waals surface area contributed by atoms with Gasteiger partial charge in [-0.3, -0.25) is 38.9 Å². The summed E-state index contributed by atoms with van der Waals surface area (Å²) >= 11 is 0. The molecule has 20 heteroatoms. The van der Waals surface area contributed by atoms with E-state index in [1.54, 1.807) is 37.3 Å². The van der Waals surface area contributed by atoms with Gasteiger partial charge >= 0.3 is 0 Å². The molecule has 3 aromatic carbocycles. The van der Waals surface area contributed by atoms with E-state index in [4.69, 9.17) is 33.8 Å². The molecule has 0 aromatic heterocycles. The van der Waals surface area contributed by atoms with Gasteiger partial charge in [-0.1, -0.05) is 24.3 Å². The summed E-state index contributed by atoms with van der Waals surface area (Å²) < 4.78 is 76.0. The van der Waals surface area contributed by atoms with Gasteiger partial charge in [0, 0.05) is 23.9 Å². The fourth-order valence-corrected chi connectivity index (χ4v) is 7.33. The van der Waals surface area contributed by atoms with Crippen molar-refractivity contribution in [3.05, 3.63) is 89.2 Å². The van der Waals surface area contributed by atoms with Crippen LogP contribution in [0.15, 0.2) is 71.6 Å². The zero-order chi connectivity index (χ0) is 44.5. The average molecular weight is 882 g/mol. The molecule has 0 aliphatic carbocycles. The van der Waals surface area contributed by atoms with Crippen molar-refractivity contribution in [2.75, 3.05) is 82.7 Å². The van der Waals surface area contributed by atoms with E-state index in [0.717, 1.165) is 17.2 Å². The van der Waals surface area contributed by atoms with Crippen molar-refractivity contribution in [3.8, 4) is 5.75 Å². The van der Waals surface area contributed by atoms with E-state index in [2.05, 4.69) is 15.4 Å². The summed E-state index contributed by atoms with van der Waals surface area (Å²) in [7, 11) is -4.15. The molecular formula is C42H48FN5O13S. The Morgan fingerprint density at radius 1 is 0.823 bits per heavy atom. The number of allylic oxidation sites excluding steroid dienone is 2. The molecule has 1 atom stereocenters. The van der Waals surface area contributed by atoms with E-state index in [-0.39, 0.29) is 91.2 Å². The van der Waals surface area contributed by atoms with Gasteiger partial charge in [-0.25, -0.2) is 12.8 Å². The van der Waals surface area contributed by atoms with Gasteiger partial charge in [0.15, 0.2) is 0 Å². The number of rotatable bonds is 26. The standard InChI is InChI=1S/C42H48FN5O13S/c1-2-28(27-44)32-10-9-31(26-34(32)43)62(54,55)47-30-6-3-5-29(25-30)45-38(50)13-14-56-15-16-57-17-18-58-19-20-59-21-22-60-23-24-61-36-8-4-7-33-39(36)42(53)48(41(33)52)35-11-12-37(49)46-40(35)51/h2-10,25-27,35,44,47H,11-24H2,1H3,(H,45,50)(H,46,49,51)/b28-2+,44-27?. The summed E-state index contributed by atoms with van der Waals surface area (Å²) in [4.78, 5) is 62.9. The normalized spacial score (nSPS) is 15.4. The lowest BCUT2D eigenvalue weighted by molar-refractivity contribution is -0.136. The molecule has 62 heavy (non-hydrogen) atoms. The van der Waals surface area contributed by atoms with Crippen molar-refractivity contribution >= 4 is 62.7 Å². The van der Waals surface area contributed by atoms with Crippen LogP contribution in [-0.2, 0) is 48.1 Å². The predicted molar refractivity (Wildman–Crippen MR) is 222 cm³/mol. The molecule has 2 heterocycles. The smallest absolute Gasteiger partial charge is 0.266 e. The number of ether oxygens (including phenoxy) is 6. The average Bonchev–Trinajstić information content (AvgIpc) is 3.50. The van der Waals surface area contributed by atoms with Crippen molar-refractivity contribution < 1.29 is 65.2 Å². The van der Waals surface area contributed by atoms with E-state index in [1.807, 2.05) is 0 Å². The number of anilines is 2. The van der Waals surface area contributed by atoms with Gasteiger partial charge in [0.1, 0.15) is 24.2 Å². The number of hydrogen-bond acceptors (Lipinski definition) is 14. The Morgan fingerprint density at radius 3 is 2.05 bits per heavy atom. The maximum absolute atomic E-state index is 14.6. The van der Waals surface area contributed by atoms with Crippen LogP contribution in [0, 0.1) is 11.2 Å². The molecule has 18 nitrogen and oxygen atoms in total. The molecule has 3 aromatic rings. The monoisotopic (exact) mass is 881 g/mol. The molecule has 0 saturated carbocycles. The summed E-state index contributed by atoms with van der Waals surface area (Å²) in [6, 6.07) is 13.1. The third-order valence-corrected chi connectivity index (χ3v) is 10.7. The maximum Gasteiger partial charge on any atom is 0.266 e. The molecular weight excluding hydrogens is 834 g/mol. The van der Waals surface area contributed by atoms with E-state index in [1.165, 1.54) is 30.3 Å². The Labute approximate surface area is 357 Å². The number of benzene rings is 3. The third kappa shape index (κ3) is 13.1. The zero-order valence-corrected chi connectivity index (χ0v) is 34.8. The van der Waals surface area contributed by atoms with Crippen LogP contribution in [0.4, 0.5) is 15.8 Å². The molecule has 2 aliphatic heterocycles. The zero-order valence-electron chi connectivity index (χ0n) is 33.9. The fraction of sp³-hybridized carbons (Fsp3) is 0.381. The van der Waals surface area contributed by atoms with Crippen LogP contribution in [0.1, 0.15) is 52.5 Å². The second-order valence-electron chi connectivity index (χ2n) is 13.6. The Morgan fingerprint density at radius 2 is 1.44 bits per heavy atom. The largest absolute Gasteiger partial charge is 0.490 e. The number of sulfonamides is 1. The first-order valence-corrected chi connectivity index (χ1v) is 21.2. The van der Waals surface area contributed by atoms with Crippen LogP contribution in [0.3, 0.4) is 0 Å². The van der Waals surface area contributed by atoms with Crippen molar-refractivity contribution in [2.45, 2.75) is 37.1 Å². The van der Waals surface area contributed by atoms with Crippen LogP contribution in [0.25, 0.3) is 5.57 Å². The number of fused-ring (bicyclic) bond motifs is 1. The number of nitrogens with one attached hydrogen (secondary N) is 4. The van der Waals surface area contributed by atoms with E-state index in [9.17, 15) is 36.8 Å². The van der Waals surface area contributed by atoms with Crippen molar-refractivity contribution in [1.82, 2.24) is 10.2 Å². The topological polar surface area (TPSA) is 238 Å². The molecule has 1 saturated heterocycles. The van der Waals surface area contributed by atoms with Gasteiger partial charge < -0.3 is 39.1 Å². The highest BCUT2D eigenvalue weighted by molar-refractivity contribution is 7.92. The molecule has 5 rings (SSSR count). The van der Waals surface area contributed by atoms with E-state index in [0.29, 0.717) is 50.9 Å². The molecule has 1 fully saturated rings. The summed E-state index contributed by atoms with van der Waals surface area (Å²) in [6.07, 6.45) is 2.66. The molecule has 0 bridgehead atoms. The Balaban J connectivity index is 0.845. The number of carbonyl (C=O) groups is 5. The summed E-state index contributed by atoms with van der Waals surface area (Å²) in [6.45, 7) is 4.54. The molecule has 2 aliphatic rings. The van der Waals surface area contributed by atoms with Gasteiger partial charge in [-0.05, 0) is 61.4 Å². The number of nitrogens with zero attached hydrogens (tertiary/aromatic N) is 1. The van der Waals surface area contributed by atoms with Crippen LogP contribution in [0.2, 0.25) is 0 Å². The van der Waals surface area contributed by atoms with Gasteiger partial charge in [0.2, 0.25) is 17.7 Å². The van der Waals surface area contributed by atoms with Gasteiger partial charge in [-0.2, -0.15) is 0 Å². The lowest BCUT2D eigenvalue weighted by atomic mass is 10.0. The highest BCUT2D eigenvalue weighted by Gasteiger charge is 2.46. The van der Waals surface area contributed by atoms with Gasteiger partial charge in [0.05, 0.1) is 94.2 Å². The van der Waals surface area contributed by atoms with Crippen molar-refractivity contribution in [1.29, 1.82) is 5.41 Å². The highest BCUT2D eigenvalue weighted by Crippen LogP contribution is 2.33. The Kier molecular flexibility index (Phi) is 17.8. The van der Waals surface area contributed by atoms with Gasteiger partial charge in [0.25, 0.3) is 21.8 Å². The first-order valence-electron chi connectivity index (χ1n) is 19.7. The van der Waals surface area contributed by atoms with Crippen LogP contribution < -0.4 is 20.1 Å². The number of imide groups is 2. The number of amides is 5. The minimum absolute atomic E-state index is 0.0294. The lowest BCUT2D eigenvalue weighted by Crippen LogP contribution is -2.54. The molecule has 0 spiro atoms. The van der Waals surface area contributed by atoms with Crippen molar-refractivity contribution in [2.24, 2.45) is 0 Å². The quantitative estimate of drug-likeness (QED) is 0.0513. The molecule has 332 valence electrons. The second-order valence-corrected chi connectivity index (χ2v) is 15.2. The Bertz CT molecular complexity index is 2250. The number of halogens is 1. The Hall–Kier alpha value is -5.90. The molecule has 5 amide bonds. The maximum atomic E-state index is 14.6. The van der Waals surface area contributed by atoms with E-state index < -0.39 is 45.5 Å². The third-order valence-electron chi connectivity index (χ3n) is 9.30. The first kappa shape index (κ1) is 47.2. The molecule has 4 N–H and O–H groups in total. The van der Waals surface area contributed by atoms with Crippen molar-refractivity contribution in [3.63, 3.8) is 0 Å². The first-order chi connectivity index (χ1) is 29.9. The second kappa shape index (κ2) is 23.4. The number of carbonyl (C=O) groups excluding carboxylic acids is 5. The summed E-state index contributed by atoms with van der Waals surface area (Å²) in [5, 5.41) is 12.2. The number of piperidine rings is 1. The summed E-state index contributed by atoms with van der Waals surface area (Å²) in [5.41, 5.74) is 1.14. The highest BCUT2D eigenvalue weighted by atomic mass is 32.2. The molecule has 0 radical (unpaired) electrons. The van der Waals surface area contributed by atoms with Crippen LogP contribution in [-0.4, -0.2) is 128 Å². The number of hydrogen-bond donors (Lipinski definition) is 4. The predicted octanol–water partition coefficient (Wildman–Crippen LogP) is 3.57. The minimum Gasteiger partial charge on any atom is -0.490 e. The fourth-order valence-electron chi connectivity index (χ4n) is 6.27. The van der Waals surface area contributed by atoms with Gasteiger partial charge in [-0.15, -0.1) is 0 Å². The van der Waals surface area contributed by atoms with E-state index >= 15 is 0 Å². The minimum atomic E-state index is -4.15. The summed E-state index contributed by atoms with van der Waals surface area (Å²) in [5.74, 6) is -3.32. The van der Waals surface area contributed by atoms with Crippen LogP contribution in [0.5, 0.6) is 5.75 Å². The lowest BCUT2D eigenvalue weighted by Gasteiger charge is -2.27. The SMILES string of the molecule is C/C=C(\C=N)c1ccc(S(=O)(=O)Nc2cccc(NC(=O)CCOCCOCCOCCOCCOCCOc3cccc4c3C(=O)N(C3CCC(=O)NC3=O)C4=O)c2)cc1F.